The number of rotatable bonds is 0. The van der Waals surface area contributed by atoms with Crippen LogP contribution in [0.3, 0.4) is 0 Å². The van der Waals surface area contributed by atoms with E-state index in [0.29, 0.717) is 101 Å². The quantitative estimate of drug-likeness (QED) is 0.144. The second kappa shape index (κ2) is 12.9. The summed E-state index contributed by atoms with van der Waals surface area (Å²) in [6.07, 6.45) is 5.31. The largest absolute Gasteiger partial charge is 0.504 e. The van der Waals surface area contributed by atoms with Crippen LogP contribution in [0.15, 0.2) is 36.4 Å². The summed E-state index contributed by atoms with van der Waals surface area (Å²) in [5.74, 6) is 0.859. The predicted octanol–water partition coefficient (Wildman–Crippen LogP) is 1.54. The van der Waals surface area contributed by atoms with E-state index in [1.165, 1.54) is 6.07 Å². The Morgan fingerprint density at radius 2 is 0.937 bits per heavy atom. The first-order valence-corrected chi connectivity index (χ1v) is 22.7. The van der Waals surface area contributed by atoms with Crippen molar-refractivity contribution in [3.63, 3.8) is 0 Å². The van der Waals surface area contributed by atoms with Gasteiger partial charge in [-0.25, -0.2) is 0 Å². The van der Waals surface area contributed by atoms with Crippen LogP contribution in [0.25, 0.3) is 0 Å². The van der Waals surface area contributed by atoms with Gasteiger partial charge in [-0.1, -0.05) is 18.2 Å². The van der Waals surface area contributed by atoms with Crippen LogP contribution in [-0.2, 0) is 49.9 Å². The molecule has 11 aliphatic rings. The number of carbonyl (C=O) groups is 3. The van der Waals surface area contributed by atoms with E-state index in [2.05, 4.69) is 16.0 Å². The van der Waals surface area contributed by atoms with Crippen molar-refractivity contribution in [3.05, 3.63) is 69.8 Å². The van der Waals surface area contributed by atoms with Crippen molar-refractivity contribution in [1.82, 2.24) is 16.0 Å². The minimum atomic E-state index is -1.03. The number of nitrogens with one attached hydrogen (secondary N) is 3. The van der Waals surface area contributed by atoms with E-state index in [9.17, 15) is 50.1 Å². The van der Waals surface area contributed by atoms with Gasteiger partial charge in [0.1, 0.15) is 5.78 Å². The van der Waals surface area contributed by atoms with Crippen molar-refractivity contribution in [2.45, 2.75) is 147 Å². The Morgan fingerprint density at radius 3 is 1.44 bits per heavy atom. The Hall–Kier alpha value is -4.77. The van der Waals surface area contributed by atoms with Crippen molar-refractivity contribution in [3.8, 4) is 34.5 Å². The van der Waals surface area contributed by atoms with Crippen LogP contribution in [0.1, 0.15) is 97.6 Å². The molecule has 3 saturated heterocycles. The fourth-order valence-electron chi connectivity index (χ4n) is 15.3. The van der Waals surface area contributed by atoms with Crippen LogP contribution in [0, 0.1) is 0 Å². The number of ether oxygens (including phenoxy) is 2. The highest BCUT2D eigenvalue weighted by atomic mass is 16.5. The highest BCUT2D eigenvalue weighted by Gasteiger charge is 2.73. The first-order valence-electron chi connectivity index (χ1n) is 22.7. The van der Waals surface area contributed by atoms with Crippen molar-refractivity contribution < 1.29 is 59.6 Å². The molecule has 10 N–H and O–H groups in total. The molecule has 11 atom stereocenters. The lowest BCUT2D eigenvalue weighted by Gasteiger charge is -2.60. The second-order valence-corrected chi connectivity index (χ2v) is 20.2. The summed E-state index contributed by atoms with van der Waals surface area (Å²) >= 11 is 0. The van der Waals surface area contributed by atoms with Crippen LogP contribution >= 0.6 is 0 Å². The highest BCUT2D eigenvalue weighted by molar-refractivity contribution is 5.91. The maximum absolute atomic E-state index is 12.4. The summed E-state index contributed by atoms with van der Waals surface area (Å²) in [4.78, 5) is 37.0. The number of Topliss-reactive ketones (excluding diaryl/α,β-unsaturated/α-hetero) is 3. The van der Waals surface area contributed by atoms with Crippen LogP contribution in [0.2, 0.25) is 0 Å². The smallest absolute Gasteiger partial charge is 0.174 e. The van der Waals surface area contributed by atoms with Crippen LogP contribution in [0.5, 0.6) is 34.5 Å². The van der Waals surface area contributed by atoms with Crippen LogP contribution in [-0.4, -0.2) is 120 Å². The van der Waals surface area contributed by atoms with Crippen LogP contribution in [0.4, 0.5) is 0 Å². The van der Waals surface area contributed by atoms with Gasteiger partial charge in [-0.15, -0.1) is 0 Å². The van der Waals surface area contributed by atoms with E-state index in [4.69, 9.17) is 9.47 Å². The topological polar surface area (TPSA) is 247 Å². The zero-order valence-corrected chi connectivity index (χ0v) is 34.8. The average Bonchev–Trinajstić information content (AvgIpc) is 3.79. The van der Waals surface area contributed by atoms with Gasteiger partial charge in [0, 0.05) is 65.9 Å². The van der Waals surface area contributed by atoms with E-state index in [1.54, 1.807) is 18.2 Å². The summed E-state index contributed by atoms with van der Waals surface area (Å²) in [7, 11) is 0. The average molecular weight is 864 g/mol. The fraction of sp³-hybridized carbons (Fsp3) is 0.562. The minimum absolute atomic E-state index is 0.0452. The van der Waals surface area contributed by atoms with E-state index in [1.807, 2.05) is 12.1 Å². The summed E-state index contributed by atoms with van der Waals surface area (Å²) in [6, 6.07) is 10.2. The van der Waals surface area contributed by atoms with Gasteiger partial charge in [-0.2, -0.15) is 0 Å². The maximum atomic E-state index is 12.4. The minimum Gasteiger partial charge on any atom is -0.504 e. The zero-order chi connectivity index (χ0) is 43.6. The molecule has 2 spiro atoms. The standard InChI is InChI=1S/2C16H17NO4.C16H19NO4/c2*18-9-2-1-8-7-11-16(20)4-3-10(19)14-15(16,5-6-17-11)12(8)13(9)21-14;18-10-3-4-16(21)12-7-9-1-2-11(19)14(20)13(9)15(16,8-10)5-6-17-12/h2*1-2,11,14,17-18,20H,3-7H2;1-2,12,17,19-21H,3-8H2/t2*11-,14+,15+,16-;12-,15-,16-/m111/s1. The number of phenols is 4. The third kappa shape index (κ3) is 4.68. The Kier molecular flexibility index (Phi) is 8.18. The van der Waals surface area contributed by atoms with Crippen molar-refractivity contribution in [2.75, 3.05) is 19.6 Å². The lowest BCUT2D eigenvalue weighted by molar-refractivity contribution is -0.166. The molecule has 3 aromatic rings. The van der Waals surface area contributed by atoms with Gasteiger partial charge in [0.25, 0.3) is 0 Å². The molecule has 3 saturated carbocycles. The molecule has 6 fully saturated rings. The number of piperidine rings is 3. The van der Waals surface area contributed by atoms with Gasteiger partial charge in [0.2, 0.25) is 0 Å². The first-order chi connectivity index (χ1) is 30.1. The number of fused-ring (bicyclic) bond motifs is 1. The number of hydrogen-bond donors (Lipinski definition) is 10. The van der Waals surface area contributed by atoms with E-state index in [-0.39, 0.29) is 64.9 Å². The number of carbonyl (C=O) groups excluding carboxylic acids is 3. The van der Waals surface area contributed by atoms with Gasteiger partial charge in [0.15, 0.2) is 58.3 Å². The van der Waals surface area contributed by atoms with Gasteiger partial charge in [0.05, 0.1) is 27.6 Å². The van der Waals surface area contributed by atoms with Gasteiger partial charge in [-0.05, 0) is 112 Å². The maximum Gasteiger partial charge on any atom is 0.174 e. The molecule has 5 aliphatic heterocycles. The number of hydrogen-bond acceptors (Lipinski definition) is 15. The second-order valence-electron chi connectivity index (χ2n) is 20.2. The third-order valence-corrected chi connectivity index (χ3v) is 17.9. The van der Waals surface area contributed by atoms with E-state index in [0.717, 1.165) is 40.9 Å². The third-order valence-electron chi connectivity index (χ3n) is 17.9. The zero-order valence-electron chi connectivity index (χ0n) is 34.8. The summed E-state index contributed by atoms with van der Waals surface area (Å²) in [5, 5.41) is 85.0. The van der Waals surface area contributed by atoms with E-state index < -0.39 is 45.3 Å². The lowest BCUT2D eigenvalue weighted by Crippen LogP contribution is -2.76. The summed E-state index contributed by atoms with van der Waals surface area (Å²) in [5.41, 5.74) is 0.375. The van der Waals surface area contributed by atoms with E-state index >= 15 is 0 Å². The number of aliphatic hydroxyl groups is 3. The van der Waals surface area contributed by atoms with Gasteiger partial charge in [-0.3, -0.25) is 14.4 Å². The first kappa shape index (κ1) is 39.8. The molecular formula is C48H53N3O12. The number of phenolic OH excluding ortho intramolecular Hbond substituents is 4. The van der Waals surface area contributed by atoms with Crippen LogP contribution < -0.4 is 25.4 Å². The molecule has 332 valence electrons. The normalized spacial score (nSPS) is 40.9. The summed E-state index contributed by atoms with van der Waals surface area (Å²) in [6.45, 7) is 2.22. The molecule has 0 amide bonds. The monoisotopic (exact) mass is 863 g/mol. The Bertz CT molecular complexity index is 2430. The highest BCUT2D eigenvalue weighted by Crippen LogP contribution is 2.65. The molecule has 6 aliphatic carbocycles. The molecule has 0 radical (unpaired) electrons. The molecule has 5 heterocycles. The number of benzene rings is 3. The molecule has 14 rings (SSSR count). The SMILES string of the molecule is O=C1CC[C@@]2(O)[C@H]3Cc4ccc(O)c(O)c4[C@@]2(CCN3)C1.O=C1CC[C@@]2(O)[C@H]3Cc4ccc(O)c5c4[C@@]2(CCN3)[C@H]1O5.O=C1CC[C@@]2(O)[C@H]3Cc4ccc(O)c5c4[C@@]2(CCN3)[C@H]1O5. The Morgan fingerprint density at radius 1 is 0.508 bits per heavy atom. The fourth-order valence-corrected chi connectivity index (χ4v) is 15.3. The molecule has 0 aromatic heterocycles. The molecule has 63 heavy (non-hydrogen) atoms. The molecule has 3 aromatic carbocycles. The lowest BCUT2D eigenvalue weighted by atomic mass is 9.49. The van der Waals surface area contributed by atoms with Gasteiger partial charge >= 0.3 is 0 Å². The van der Waals surface area contributed by atoms with Crippen molar-refractivity contribution in [2.24, 2.45) is 0 Å². The number of ketones is 3. The Labute approximate surface area is 362 Å². The van der Waals surface area contributed by atoms with Gasteiger partial charge < -0.3 is 61.2 Å². The predicted molar refractivity (Wildman–Crippen MR) is 222 cm³/mol. The molecule has 6 bridgehead atoms. The van der Waals surface area contributed by atoms with Crippen molar-refractivity contribution >= 4 is 17.3 Å². The Balaban J connectivity index is 0.000000100. The number of aromatic hydroxyl groups is 4. The molecule has 15 heteroatoms. The molecule has 15 nitrogen and oxygen atoms in total. The summed E-state index contributed by atoms with van der Waals surface area (Å²) < 4.78 is 11.8. The molecular weight excluding hydrogens is 811 g/mol. The molecule has 0 unspecified atom stereocenters. The van der Waals surface area contributed by atoms with Crippen molar-refractivity contribution in [1.29, 1.82) is 0 Å².